The zero-order valence-corrected chi connectivity index (χ0v) is 10.9. The average Bonchev–Trinajstić information content (AvgIpc) is 2.40. The number of hydrogen-bond donors (Lipinski definition) is 8. The van der Waals surface area contributed by atoms with E-state index in [1.165, 1.54) is 0 Å². The summed E-state index contributed by atoms with van der Waals surface area (Å²) in [6, 6.07) is 0. The van der Waals surface area contributed by atoms with Gasteiger partial charge in [0.05, 0.1) is 24.0 Å². The van der Waals surface area contributed by atoms with E-state index in [4.69, 9.17) is 10.5 Å². The minimum Gasteiger partial charge on any atom is -0.421 e. The van der Waals surface area contributed by atoms with E-state index in [0.29, 0.717) is 0 Å². The molecule has 2 heterocycles. The fourth-order valence-electron chi connectivity index (χ4n) is 3.64. The van der Waals surface area contributed by atoms with Gasteiger partial charge in [-0.25, -0.2) is 10.1 Å². The summed E-state index contributed by atoms with van der Waals surface area (Å²) in [4.78, 5) is 14.3. The highest BCUT2D eigenvalue weighted by Gasteiger charge is 2.72. The molecule has 3 aliphatic rings. The number of carbonyl (C=O) groups excluding carboxylic acids is 1. The molecule has 0 aromatic carbocycles. The minimum absolute atomic E-state index is 0.116. The summed E-state index contributed by atoms with van der Waals surface area (Å²) in [5.74, 6) is -3.54. The maximum absolute atomic E-state index is 11.9. The normalized spacial score (nSPS) is 52.3. The molecular formula is C11H18N3O7+. The van der Waals surface area contributed by atoms with E-state index >= 15 is 0 Å². The number of aliphatic hydroxyl groups is 5. The average molecular weight is 304 g/mol. The first kappa shape index (κ1) is 14.5. The lowest BCUT2D eigenvalue weighted by molar-refractivity contribution is -0.590. The lowest BCUT2D eigenvalue weighted by Gasteiger charge is -2.58. The number of fused-ring (bicyclic) bond motifs is 1. The predicted molar refractivity (Wildman–Crippen MR) is 63.8 cm³/mol. The third-order valence-electron chi connectivity index (χ3n) is 4.66. The number of guanidine groups is 1. The van der Waals surface area contributed by atoms with E-state index in [-0.39, 0.29) is 12.4 Å². The number of hydrogen-bond acceptors (Lipinski definition) is 9. The van der Waals surface area contributed by atoms with Crippen LogP contribution >= 0.6 is 0 Å². The van der Waals surface area contributed by atoms with Crippen molar-refractivity contribution in [2.45, 2.75) is 36.2 Å². The van der Waals surface area contributed by atoms with Crippen LogP contribution in [0.1, 0.15) is 6.42 Å². The second kappa shape index (κ2) is 4.27. The Morgan fingerprint density at radius 3 is 2.71 bits per heavy atom. The Morgan fingerprint density at radius 2 is 2.10 bits per heavy atom. The van der Waals surface area contributed by atoms with E-state index in [2.05, 4.69) is 10.3 Å². The van der Waals surface area contributed by atoms with E-state index in [0.717, 1.165) is 0 Å². The Hall–Kier alpha value is -1.46. The maximum Gasteiger partial charge on any atom is 0.346 e. The zero-order chi connectivity index (χ0) is 15.6. The molecule has 9 N–H and O–H groups in total. The van der Waals surface area contributed by atoms with Crippen molar-refractivity contribution in [1.82, 2.24) is 5.32 Å². The molecule has 2 bridgehead atoms. The lowest BCUT2D eigenvalue weighted by Crippen LogP contribution is -2.97. The second-order valence-corrected chi connectivity index (χ2v) is 5.83. The molecule has 21 heavy (non-hydrogen) atoms. The van der Waals surface area contributed by atoms with Crippen LogP contribution in [-0.4, -0.2) is 73.8 Å². The standard InChI is InChI=1S/C11H17N3O7/c12-9-13-7(18)3-1-10(20,2-15)4-5(16)8(19)21-11(3,14-9)6(4)17/h3-7,15-18,20H,1-2H2,(H3,12,13,14)/p+1/t3?,4?,5-,6?,7?,10?,11?/m1/s1. The van der Waals surface area contributed by atoms with Gasteiger partial charge in [0, 0.05) is 0 Å². The lowest BCUT2D eigenvalue weighted by atomic mass is 9.60. The zero-order valence-electron chi connectivity index (χ0n) is 10.9. The van der Waals surface area contributed by atoms with Gasteiger partial charge in [-0.2, -0.15) is 0 Å². The fraction of sp³-hybridized carbons (Fsp3) is 0.818. The largest absolute Gasteiger partial charge is 0.421 e. The highest BCUT2D eigenvalue weighted by Crippen LogP contribution is 2.49. The summed E-state index contributed by atoms with van der Waals surface area (Å²) < 4.78 is 5.11. The smallest absolute Gasteiger partial charge is 0.346 e. The highest BCUT2D eigenvalue weighted by atomic mass is 16.6. The van der Waals surface area contributed by atoms with E-state index < -0.39 is 54.2 Å². The maximum atomic E-state index is 11.9. The second-order valence-electron chi connectivity index (χ2n) is 5.83. The van der Waals surface area contributed by atoms with Gasteiger partial charge >= 0.3 is 11.9 Å². The third kappa shape index (κ3) is 1.71. The predicted octanol–water partition coefficient (Wildman–Crippen LogP) is -6.36. The number of aliphatic hydroxyl groups excluding tert-OH is 4. The van der Waals surface area contributed by atoms with Crippen LogP contribution < -0.4 is 16.0 Å². The summed E-state index contributed by atoms with van der Waals surface area (Å²) in [5, 5.41) is 53.0. The first-order valence-electron chi connectivity index (χ1n) is 6.52. The molecule has 0 aromatic rings. The summed E-state index contributed by atoms with van der Waals surface area (Å²) in [6.45, 7) is -0.794. The van der Waals surface area contributed by atoms with Gasteiger partial charge in [0.1, 0.15) is 6.10 Å². The monoisotopic (exact) mass is 304 g/mol. The molecular weight excluding hydrogens is 286 g/mol. The number of ether oxygens (including phenoxy) is 1. The van der Waals surface area contributed by atoms with Gasteiger partial charge in [-0.05, 0) is 6.42 Å². The molecule has 118 valence electrons. The number of esters is 1. The topological polar surface area (TPSA) is 179 Å². The molecule has 3 rings (SSSR count). The Bertz CT molecular complexity index is 514. The van der Waals surface area contributed by atoms with Crippen molar-refractivity contribution in [3.05, 3.63) is 0 Å². The van der Waals surface area contributed by atoms with Crippen LogP contribution in [0.5, 0.6) is 0 Å². The van der Waals surface area contributed by atoms with Crippen LogP contribution in [0.4, 0.5) is 0 Å². The van der Waals surface area contributed by atoms with Crippen molar-refractivity contribution in [2.24, 2.45) is 17.6 Å². The van der Waals surface area contributed by atoms with Gasteiger partial charge in [-0.15, -0.1) is 0 Å². The van der Waals surface area contributed by atoms with Crippen LogP contribution in [0.2, 0.25) is 0 Å². The van der Waals surface area contributed by atoms with Crippen LogP contribution in [0.15, 0.2) is 0 Å². The summed E-state index contributed by atoms with van der Waals surface area (Å²) >= 11 is 0. The molecule has 1 saturated heterocycles. The quantitative estimate of drug-likeness (QED) is 0.219. The summed E-state index contributed by atoms with van der Waals surface area (Å²) in [6.07, 6.45) is -4.90. The molecule has 6 unspecified atom stereocenters. The summed E-state index contributed by atoms with van der Waals surface area (Å²) in [7, 11) is 0. The Kier molecular flexibility index (Phi) is 2.94. The van der Waals surface area contributed by atoms with Gasteiger partial charge < -0.3 is 30.3 Å². The SMILES string of the molecule is NC1=[NH+]C(O)C2CC(O)(CO)C3C(O)C2(N1)OC(=O)[C@@H]3O. The first-order chi connectivity index (χ1) is 9.75. The summed E-state index contributed by atoms with van der Waals surface area (Å²) in [5.41, 5.74) is 1.85. The molecule has 7 atom stereocenters. The minimum atomic E-state index is -1.94. The van der Waals surface area contributed by atoms with Crippen molar-refractivity contribution in [3.63, 3.8) is 0 Å². The van der Waals surface area contributed by atoms with E-state index in [1.54, 1.807) is 0 Å². The van der Waals surface area contributed by atoms with Gasteiger partial charge in [-0.1, -0.05) is 0 Å². The highest BCUT2D eigenvalue weighted by molar-refractivity contribution is 5.79. The molecule has 0 amide bonds. The molecule has 10 nitrogen and oxygen atoms in total. The number of rotatable bonds is 1. The van der Waals surface area contributed by atoms with Gasteiger partial charge in [0.2, 0.25) is 0 Å². The van der Waals surface area contributed by atoms with Crippen LogP contribution in [0, 0.1) is 11.8 Å². The van der Waals surface area contributed by atoms with Crippen molar-refractivity contribution >= 4 is 11.9 Å². The molecule has 2 aliphatic heterocycles. The molecule has 1 saturated carbocycles. The van der Waals surface area contributed by atoms with Crippen LogP contribution in [0.3, 0.4) is 0 Å². The van der Waals surface area contributed by atoms with Crippen molar-refractivity contribution < 1.29 is 40.1 Å². The van der Waals surface area contributed by atoms with Crippen LogP contribution in [0.25, 0.3) is 0 Å². The Balaban J connectivity index is 2.14. The Morgan fingerprint density at radius 1 is 1.43 bits per heavy atom. The molecule has 0 aromatic heterocycles. The van der Waals surface area contributed by atoms with Gasteiger partial charge in [-0.3, -0.25) is 10.7 Å². The van der Waals surface area contributed by atoms with Gasteiger partial charge in [0.15, 0.2) is 12.3 Å². The molecule has 1 aliphatic carbocycles. The number of nitrogens with two attached hydrogens (primary N) is 1. The van der Waals surface area contributed by atoms with Crippen molar-refractivity contribution in [3.8, 4) is 0 Å². The molecule has 2 fully saturated rings. The van der Waals surface area contributed by atoms with Crippen LogP contribution in [-0.2, 0) is 9.53 Å². The van der Waals surface area contributed by atoms with Crippen molar-refractivity contribution in [1.29, 1.82) is 0 Å². The van der Waals surface area contributed by atoms with Crippen molar-refractivity contribution in [2.75, 3.05) is 6.61 Å². The molecule has 10 heteroatoms. The third-order valence-corrected chi connectivity index (χ3v) is 4.66. The first-order valence-corrected chi connectivity index (χ1v) is 6.52. The Labute approximate surface area is 118 Å². The van der Waals surface area contributed by atoms with E-state index in [9.17, 15) is 30.3 Å². The molecule has 0 radical (unpaired) electrons. The van der Waals surface area contributed by atoms with Gasteiger partial charge in [0.25, 0.3) is 5.72 Å². The molecule has 1 spiro atoms. The number of nitrogens with one attached hydrogen (secondary N) is 2. The number of carbonyl (C=O) groups is 1. The fourth-order valence-corrected chi connectivity index (χ4v) is 3.64. The van der Waals surface area contributed by atoms with E-state index in [1.807, 2.05) is 0 Å².